The van der Waals surface area contributed by atoms with Crippen LogP contribution in [0, 0.1) is 11.8 Å². The van der Waals surface area contributed by atoms with E-state index in [9.17, 15) is 4.79 Å². The van der Waals surface area contributed by atoms with Crippen molar-refractivity contribution in [3.05, 3.63) is 12.2 Å². The van der Waals surface area contributed by atoms with Gasteiger partial charge in [-0.1, -0.05) is 18.6 Å². The molecule has 0 aromatic heterocycles. The summed E-state index contributed by atoms with van der Waals surface area (Å²) in [5, 5.41) is 0. The lowest BCUT2D eigenvalue weighted by atomic mass is 9.88. The van der Waals surface area contributed by atoms with Gasteiger partial charge in [-0.15, -0.1) is 0 Å². The Morgan fingerprint density at radius 3 is 3.08 bits per heavy atom. The second-order valence-electron chi connectivity index (χ2n) is 4.00. The lowest BCUT2D eigenvalue weighted by molar-refractivity contribution is -0.119. The van der Waals surface area contributed by atoms with E-state index in [1.165, 1.54) is 25.7 Å². The summed E-state index contributed by atoms with van der Waals surface area (Å²) in [6.07, 6.45) is 11.4. The third-order valence-corrected chi connectivity index (χ3v) is 3.18. The number of fused-ring (bicyclic) bond motifs is 1. The molecule has 0 saturated heterocycles. The summed E-state index contributed by atoms with van der Waals surface area (Å²) in [5.74, 6) is 1.47. The molecule has 0 aromatic rings. The fraction of sp³-hybridized carbons (Fsp3) is 0.727. The van der Waals surface area contributed by atoms with Gasteiger partial charge in [0.25, 0.3) is 0 Å². The van der Waals surface area contributed by atoms with E-state index in [2.05, 4.69) is 12.2 Å². The Balaban J connectivity index is 2.12. The van der Waals surface area contributed by atoms with E-state index in [1.807, 2.05) is 0 Å². The van der Waals surface area contributed by atoms with Gasteiger partial charge in [-0.05, 0) is 31.6 Å². The molecule has 1 saturated carbocycles. The Kier molecular flexibility index (Phi) is 2.29. The molecule has 66 valence electrons. The van der Waals surface area contributed by atoms with Crippen LogP contribution in [0.1, 0.15) is 38.5 Å². The van der Waals surface area contributed by atoms with Crippen molar-refractivity contribution in [2.45, 2.75) is 38.5 Å². The zero-order valence-electron chi connectivity index (χ0n) is 7.46. The van der Waals surface area contributed by atoms with Crippen molar-refractivity contribution in [2.24, 2.45) is 11.8 Å². The van der Waals surface area contributed by atoms with Crippen LogP contribution in [0.25, 0.3) is 0 Å². The Labute approximate surface area is 73.8 Å². The summed E-state index contributed by atoms with van der Waals surface area (Å²) in [4.78, 5) is 11.4. The van der Waals surface area contributed by atoms with Crippen LogP contribution < -0.4 is 0 Å². The third kappa shape index (κ3) is 1.45. The summed E-state index contributed by atoms with van der Waals surface area (Å²) < 4.78 is 0. The fourth-order valence-electron chi connectivity index (χ4n) is 2.44. The Bertz CT molecular complexity index is 205. The molecule has 0 radical (unpaired) electrons. The summed E-state index contributed by atoms with van der Waals surface area (Å²) in [6, 6.07) is 0. The monoisotopic (exact) mass is 164 g/mol. The first-order chi connectivity index (χ1) is 5.88. The van der Waals surface area contributed by atoms with Gasteiger partial charge in [-0.25, -0.2) is 0 Å². The molecule has 0 heterocycles. The molecule has 0 aliphatic heterocycles. The second-order valence-corrected chi connectivity index (χ2v) is 4.00. The van der Waals surface area contributed by atoms with E-state index in [4.69, 9.17) is 0 Å². The summed E-state index contributed by atoms with van der Waals surface area (Å²) in [6.45, 7) is 0. The minimum Gasteiger partial charge on any atom is -0.299 e. The predicted molar refractivity (Wildman–Crippen MR) is 48.8 cm³/mol. The minimum atomic E-state index is 0.297. The van der Waals surface area contributed by atoms with Crippen LogP contribution in [0.4, 0.5) is 0 Å². The van der Waals surface area contributed by atoms with Gasteiger partial charge in [0, 0.05) is 12.3 Å². The maximum Gasteiger partial charge on any atom is 0.140 e. The molecule has 0 N–H and O–H groups in total. The van der Waals surface area contributed by atoms with Gasteiger partial charge in [-0.2, -0.15) is 0 Å². The van der Waals surface area contributed by atoms with Gasteiger partial charge >= 0.3 is 0 Å². The first kappa shape index (κ1) is 8.03. The smallest absolute Gasteiger partial charge is 0.140 e. The number of carbonyl (C=O) groups is 1. The number of hydrogen-bond acceptors (Lipinski definition) is 1. The maximum absolute atomic E-state index is 11.4. The van der Waals surface area contributed by atoms with Crippen molar-refractivity contribution < 1.29 is 4.79 Å². The first-order valence-corrected chi connectivity index (χ1v) is 5.07. The van der Waals surface area contributed by atoms with Crippen LogP contribution in [-0.4, -0.2) is 5.78 Å². The first-order valence-electron chi connectivity index (χ1n) is 5.07. The highest BCUT2D eigenvalue weighted by Gasteiger charge is 2.32. The lowest BCUT2D eigenvalue weighted by Gasteiger charge is -2.16. The van der Waals surface area contributed by atoms with E-state index >= 15 is 0 Å². The van der Waals surface area contributed by atoms with Crippen LogP contribution in [-0.2, 0) is 4.79 Å². The molecule has 1 fully saturated rings. The molecule has 12 heavy (non-hydrogen) atoms. The molecule has 2 aliphatic rings. The van der Waals surface area contributed by atoms with Crippen molar-refractivity contribution in [3.8, 4) is 0 Å². The molecule has 2 rings (SSSR count). The van der Waals surface area contributed by atoms with E-state index in [1.54, 1.807) is 0 Å². The number of Topliss-reactive ketones (excluding diaryl/α,β-unsaturated/α-hetero) is 1. The zero-order valence-corrected chi connectivity index (χ0v) is 7.46. The number of allylic oxidation sites excluding steroid dienone is 2. The van der Waals surface area contributed by atoms with Crippen LogP contribution in [0.5, 0.6) is 0 Å². The SMILES string of the molecule is O=C1CC[C@H]2CCCC/C=C\[C@H]12. The quantitative estimate of drug-likeness (QED) is 0.503. The summed E-state index contributed by atoms with van der Waals surface area (Å²) >= 11 is 0. The third-order valence-electron chi connectivity index (χ3n) is 3.18. The largest absolute Gasteiger partial charge is 0.299 e. The summed E-state index contributed by atoms with van der Waals surface area (Å²) in [5.41, 5.74) is 0. The van der Waals surface area contributed by atoms with Gasteiger partial charge in [0.2, 0.25) is 0 Å². The van der Waals surface area contributed by atoms with Crippen molar-refractivity contribution in [3.63, 3.8) is 0 Å². The molecule has 1 heteroatoms. The van der Waals surface area contributed by atoms with E-state index in [0.29, 0.717) is 17.6 Å². The second kappa shape index (κ2) is 3.42. The number of rotatable bonds is 0. The van der Waals surface area contributed by atoms with Crippen molar-refractivity contribution >= 4 is 5.78 Å². The summed E-state index contributed by atoms with van der Waals surface area (Å²) in [7, 11) is 0. The van der Waals surface area contributed by atoms with Crippen LogP contribution >= 0.6 is 0 Å². The normalized spacial score (nSPS) is 38.5. The molecule has 0 amide bonds. The Morgan fingerprint density at radius 2 is 2.17 bits per heavy atom. The molecule has 0 bridgehead atoms. The molecular weight excluding hydrogens is 148 g/mol. The van der Waals surface area contributed by atoms with E-state index < -0.39 is 0 Å². The highest BCUT2D eigenvalue weighted by Crippen LogP contribution is 2.35. The van der Waals surface area contributed by atoms with Gasteiger partial charge in [0.15, 0.2) is 0 Å². The topological polar surface area (TPSA) is 17.1 Å². The molecule has 0 spiro atoms. The van der Waals surface area contributed by atoms with Gasteiger partial charge in [0.05, 0.1) is 0 Å². The zero-order chi connectivity index (χ0) is 8.39. The highest BCUT2D eigenvalue weighted by molar-refractivity contribution is 5.85. The predicted octanol–water partition coefficient (Wildman–Crippen LogP) is 2.71. The fourth-order valence-corrected chi connectivity index (χ4v) is 2.44. The Morgan fingerprint density at radius 1 is 1.25 bits per heavy atom. The van der Waals surface area contributed by atoms with Gasteiger partial charge in [0.1, 0.15) is 5.78 Å². The highest BCUT2D eigenvalue weighted by atomic mass is 16.1. The van der Waals surface area contributed by atoms with Crippen molar-refractivity contribution in [1.29, 1.82) is 0 Å². The molecule has 2 aliphatic carbocycles. The standard InChI is InChI=1S/C11H16O/c12-11-8-7-9-5-3-1-2-4-6-10(9)11/h4,6,9-10H,1-3,5,7-8H2/b6-4-/t9-,10+/m1/s1. The number of ketones is 1. The van der Waals surface area contributed by atoms with Crippen LogP contribution in [0.3, 0.4) is 0 Å². The van der Waals surface area contributed by atoms with Gasteiger partial charge in [-0.3, -0.25) is 4.79 Å². The molecule has 0 unspecified atom stereocenters. The maximum atomic E-state index is 11.4. The molecule has 0 aromatic carbocycles. The van der Waals surface area contributed by atoms with E-state index in [-0.39, 0.29) is 0 Å². The van der Waals surface area contributed by atoms with Gasteiger partial charge < -0.3 is 0 Å². The molecule has 2 atom stereocenters. The van der Waals surface area contributed by atoms with Crippen molar-refractivity contribution in [2.75, 3.05) is 0 Å². The number of hydrogen-bond donors (Lipinski definition) is 0. The average molecular weight is 164 g/mol. The average Bonchev–Trinajstić information content (AvgIpc) is 2.31. The molecular formula is C11H16O. The van der Waals surface area contributed by atoms with Crippen LogP contribution in [0.2, 0.25) is 0 Å². The van der Waals surface area contributed by atoms with Crippen molar-refractivity contribution in [1.82, 2.24) is 0 Å². The lowest BCUT2D eigenvalue weighted by Crippen LogP contribution is -2.13. The van der Waals surface area contributed by atoms with E-state index in [0.717, 1.165) is 12.8 Å². The van der Waals surface area contributed by atoms with Crippen LogP contribution in [0.15, 0.2) is 12.2 Å². The number of carbonyl (C=O) groups excluding carboxylic acids is 1. The molecule has 1 nitrogen and oxygen atoms in total. The minimum absolute atomic E-state index is 0.297. The Hall–Kier alpha value is -0.590.